The molecule has 2 amide bonds. The zero-order valence-corrected chi connectivity index (χ0v) is 14.7. The second-order valence-corrected chi connectivity index (χ2v) is 7.07. The minimum absolute atomic E-state index is 0.0944. The van der Waals surface area contributed by atoms with Gasteiger partial charge in [-0.2, -0.15) is 0 Å². The fourth-order valence-electron chi connectivity index (χ4n) is 3.37. The Labute approximate surface area is 152 Å². The molecule has 1 saturated heterocycles. The van der Waals surface area contributed by atoms with Crippen LogP contribution >= 0.6 is 0 Å². The highest BCUT2D eigenvalue weighted by atomic mass is 16.3. The fraction of sp³-hybridized carbons (Fsp3) is 0.450. The van der Waals surface area contributed by atoms with E-state index < -0.39 is 0 Å². The molecule has 4 rings (SSSR count). The number of benzene rings is 1. The Hall–Kier alpha value is -2.63. The molecule has 2 fully saturated rings. The Morgan fingerprint density at radius 3 is 2.54 bits per heavy atom. The first-order valence-corrected chi connectivity index (χ1v) is 9.32. The van der Waals surface area contributed by atoms with Crippen LogP contribution in [-0.2, 0) is 6.54 Å². The molecule has 0 bridgehead atoms. The van der Waals surface area contributed by atoms with Gasteiger partial charge in [0, 0.05) is 31.1 Å². The molecule has 1 aromatic carbocycles. The Bertz CT molecular complexity index is 787. The maximum absolute atomic E-state index is 12.5. The summed E-state index contributed by atoms with van der Waals surface area (Å²) in [5, 5.41) is 2.88. The summed E-state index contributed by atoms with van der Waals surface area (Å²) in [5.41, 5.74) is 2.05. The number of piperidine rings is 1. The largest absolute Gasteiger partial charge is 0.447 e. The molecule has 6 heteroatoms. The molecule has 2 aliphatic rings. The molecule has 1 aliphatic heterocycles. The van der Waals surface area contributed by atoms with E-state index in [2.05, 4.69) is 10.3 Å². The van der Waals surface area contributed by atoms with Crippen LogP contribution < -0.4 is 5.32 Å². The molecule has 0 atom stereocenters. The topological polar surface area (TPSA) is 75.4 Å². The Morgan fingerprint density at radius 2 is 1.85 bits per heavy atom. The SMILES string of the molecule is O=C(NCc1ccc(C(=O)N2CCCCC2)cc1)c1ncoc1C1CC1. The van der Waals surface area contributed by atoms with Gasteiger partial charge in [0.05, 0.1) is 0 Å². The van der Waals surface area contributed by atoms with Crippen LogP contribution in [0.3, 0.4) is 0 Å². The van der Waals surface area contributed by atoms with Gasteiger partial charge in [-0.05, 0) is 49.8 Å². The van der Waals surface area contributed by atoms with Crippen LogP contribution in [0, 0.1) is 0 Å². The van der Waals surface area contributed by atoms with Crippen molar-refractivity contribution in [3.05, 3.63) is 53.2 Å². The molecule has 0 radical (unpaired) electrons. The van der Waals surface area contributed by atoms with Gasteiger partial charge in [0.25, 0.3) is 11.8 Å². The predicted molar refractivity (Wildman–Crippen MR) is 95.8 cm³/mol. The second kappa shape index (κ2) is 7.32. The third-order valence-corrected chi connectivity index (χ3v) is 5.06. The molecule has 0 spiro atoms. The van der Waals surface area contributed by atoms with E-state index in [1.807, 2.05) is 29.2 Å². The smallest absolute Gasteiger partial charge is 0.273 e. The minimum Gasteiger partial charge on any atom is -0.447 e. The molecule has 2 aromatic rings. The third kappa shape index (κ3) is 3.64. The molecule has 1 aliphatic carbocycles. The van der Waals surface area contributed by atoms with E-state index in [1.54, 1.807) is 0 Å². The van der Waals surface area contributed by atoms with Gasteiger partial charge in [-0.3, -0.25) is 9.59 Å². The summed E-state index contributed by atoms with van der Waals surface area (Å²) >= 11 is 0. The lowest BCUT2D eigenvalue weighted by atomic mass is 10.1. The molecule has 136 valence electrons. The van der Waals surface area contributed by atoms with Gasteiger partial charge in [0.2, 0.25) is 0 Å². The Kier molecular flexibility index (Phi) is 4.73. The summed E-state index contributed by atoms with van der Waals surface area (Å²) in [7, 11) is 0. The molecule has 2 heterocycles. The van der Waals surface area contributed by atoms with Gasteiger partial charge in [-0.15, -0.1) is 0 Å². The normalized spacial score (nSPS) is 17.2. The Morgan fingerprint density at radius 1 is 1.12 bits per heavy atom. The molecule has 1 aromatic heterocycles. The highest BCUT2D eigenvalue weighted by molar-refractivity contribution is 5.94. The molecule has 0 unspecified atom stereocenters. The average Bonchev–Trinajstić information content (AvgIpc) is 3.43. The fourth-order valence-corrected chi connectivity index (χ4v) is 3.37. The van der Waals surface area contributed by atoms with Crippen LogP contribution in [-0.4, -0.2) is 34.8 Å². The maximum atomic E-state index is 12.5. The van der Waals surface area contributed by atoms with E-state index in [0.29, 0.717) is 29.5 Å². The van der Waals surface area contributed by atoms with Gasteiger partial charge < -0.3 is 14.6 Å². The predicted octanol–water partition coefficient (Wildman–Crippen LogP) is 3.11. The van der Waals surface area contributed by atoms with Gasteiger partial charge in [0.1, 0.15) is 5.76 Å². The quantitative estimate of drug-likeness (QED) is 0.896. The summed E-state index contributed by atoms with van der Waals surface area (Å²) in [6.45, 7) is 2.09. The molecular weight excluding hydrogens is 330 g/mol. The zero-order valence-electron chi connectivity index (χ0n) is 14.7. The first-order chi connectivity index (χ1) is 12.7. The van der Waals surface area contributed by atoms with Gasteiger partial charge in [0.15, 0.2) is 12.1 Å². The van der Waals surface area contributed by atoms with E-state index in [0.717, 1.165) is 44.3 Å². The first kappa shape index (κ1) is 16.8. The van der Waals surface area contributed by atoms with Crippen molar-refractivity contribution in [2.24, 2.45) is 0 Å². The van der Waals surface area contributed by atoms with Crippen molar-refractivity contribution in [3.8, 4) is 0 Å². The average molecular weight is 353 g/mol. The number of hydrogen-bond donors (Lipinski definition) is 1. The van der Waals surface area contributed by atoms with E-state index in [-0.39, 0.29) is 11.8 Å². The van der Waals surface area contributed by atoms with E-state index in [1.165, 1.54) is 12.8 Å². The zero-order chi connectivity index (χ0) is 17.9. The summed E-state index contributed by atoms with van der Waals surface area (Å²) in [6.07, 6.45) is 6.82. The second-order valence-electron chi connectivity index (χ2n) is 7.07. The van der Waals surface area contributed by atoms with Crippen molar-refractivity contribution in [2.75, 3.05) is 13.1 Å². The first-order valence-electron chi connectivity index (χ1n) is 9.32. The van der Waals surface area contributed by atoms with E-state index in [9.17, 15) is 9.59 Å². The van der Waals surface area contributed by atoms with Crippen molar-refractivity contribution < 1.29 is 14.0 Å². The monoisotopic (exact) mass is 353 g/mol. The standard InChI is InChI=1S/C20H23N3O3/c24-19(17-18(15-8-9-15)26-13-22-17)21-12-14-4-6-16(7-5-14)20(25)23-10-2-1-3-11-23/h4-7,13,15H,1-3,8-12H2,(H,21,24). The number of amides is 2. The molecule has 1 saturated carbocycles. The summed E-state index contributed by atoms with van der Waals surface area (Å²) in [4.78, 5) is 30.8. The summed E-state index contributed by atoms with van der Waals surface area (Å²) < 4.78 is 5.35. The van der Waals surface area contributed by atoms with Gasteiger partial charge >= 0.3 is 0 Å². The number of hydrogen-bond acceptors (Lipinski definition) is 4. The molecule has 6 nitrogen and oxygen atoms in total. The van der Waals surface area contributed by atoms with E-state index in [4.69, 9.17) is 4.42 Å². The lowest BCUT2D eigenvalue weighted by Crippen LogP contribution is -2.35. The highest BCUT2D eigenvalue weighted by Crippen LogP contribution is 2.41. The lowest BCUT2D eigenvalue weighted by molar-refractivity contribution is 0.0724. The summed E-state index contributed by atoms with van der Waals surface area (Å²) in [6, 6.07) is 7.46. The van der Waals surface area contributed by atoms with Crippen molar-refractivity contribution in [1.29, 1.82) is 0 Å². The number of likely N-dealkylation sites (tertiary alicyclic amines) is 1. The molecule has 26 heavy (non-hydrogen) atoms. The number of aromatic nitrogens is 1. The van der Waals surface area contributed by atoms with Gasteiger partial charge in [-0.1, -0.05) is 12.1 Å². The van der Waals surface area contributed by atoms with Crippen molar-refractivity contribution in [1.82, 2.24) is 15.2 Å². The Balaban J connectivity index is 1.34. The van der Waals surface area contributed by atoms with Crippen LogP contribution in [0.25, 0.3) is 0 Å². The van der Waals surface area contributed by atoms with Crippen LogP contribution in [0.1, 0.15) is 70.2 Å². The van der Waals surface area contributed by atoms with Crippen LogP contribution in [0.15, 0.2) is 35.1 Å². The number of rotatable bonds is 5. The number of oxazole rings is 1. The third-order valence-electron chi connectivity index (χ3n) is 5.06. The molecular formula is C20H23N3O3. The number of carbonyl (C=O) groups is 2. The summed E-state index contributed by atoms with van der Waals surface area (Å²) in [5.74, 6) is 0.925. The van der Waals surface area contributed by atoms with Crippen molar-refractivity contribution >= 4 is 11.8 Å². The number of nitrogens with one attached hydrogen (secondary N) is 1. The van der Waals surface area contributed by atoms with E-state index >= 15 is 0 Å². The molecule has 1 N–H and O–H groups in total. The van der Waals surface area contributed by atoms with Crippen LogP contribution in [0.2, 0.25) is 0 Å². The van der Waals surface area contributed by atoms with Gasteiger partial charge in [-0.25, -0.2) is 4.98 Å². The lowest BCUT2D eigenvalue weighted by Gasteiger charge is -2.26. The maximum Gasteiger partial charge on any atom is 0.273 e. The number of nitrogens with zero attached hydrogens (tertiary/aromatic N) is 2. The minimum atomic E-state index is -0.214. The van der Waals surface area contributed by atoms with Crippen LogP contribution in [0.5, 0.6) is 0 Å². The van der Waals surface area contributed by atoms with Crippen molar-refractivity contribution in [2.45, 2.75) is 44.6 Å². The van der Waals surface area contributed by atoms with Crippen molar-refractivity contribution in [3.63, 3.8) is 0 Å². The highest BCUT2D eigenvalue weighted by Gasteiger charge is 2.32. The van der Waals surface area contributed by atoms with Crippen LogP contribution in [0.4, 0.5) is 0 Å². The number of carbonyl (C=O) groups excluding carboxylic acids is 2.